The predicted octanol–water partition coefficient (Wildman–Crippen LogP) is -1.00. The van der Waals surface area contributed by atoms with Crippen LogP contribution in [-0.2, 0) is 19.0 Å². The number of esters is 1. The number of carbonyl (C=O) groups is 1. The molecular formula is C13H19N3O6. The van der Waals surface area contributed by atoms with Gasteiger partial charge in [-0.05, 0) is 20.8 Å². The number of aromatic amines is 1. The van der Waals surface area contributed by atoms with Crippen molar-refractivity contribution in [1.29, 1.82) is 0 Å². The van der Waals surface area contributed by atoms with Crippen molar-refractivity contribution in [1.82, 2.24) is 9.55 Å². The van der Waals surface area contributed by atoms with Crippen LogP contribution in [0.5, 0.6) is 0 Å². The minimum Gasteiger partial charge on any atom is -0.459 e. The molecule has 0 aliphatic carbocycles. The number of rotatable bonds is 4. The van der Waals surface area contributed by atoms with Crippen molar-refractivity contribution in [2.24, 2.45) is 5.73 Å². The van der Waals surface area contributed by atoms with Gasteiger partial charge in [0.1, 0.15) is 12.1 Å². The van der Waals surface area contributed by atoms with Gasteiger partial charge in [0.25, 0.3) is 5.56 Å². The Bertz CT molecular complexity index is 672. The second-order valence-corrected chi connectivity index (χ2v) is 5.65. The Morgan fingerprint density at radius 3 is 2.86 bits per heavy atom. The Hall–Kier alpha value is -1.97. The SMILES string of the molecule is Cc1cn(C2COC(COC(=O)C(C)(C)N)O2)c(=O)[nH]c1=O. The highest BCUT2D eigenvalue weighted by Gasteiger charge is 2.31. The molecule has 22 heavy (non-hydrogen) atoms. The van der Waals surface area contributed by atoms with Crippen molar-refractivity contribution >= 4 is 5.97 Å². The van der Waals surface area contributed by atoms with E-state index in [-0.39, 0.29) is 13.2 Å². The van der Waals surface area contributed by atoms with Crippen LogP contribution < -0.4 is 17.0 Å². The van der Waals surface area contributed by atoms with Gasteiger partial charge in [0.2, 0.25) is 0 Å². The summed E-state index contributed by atoms with van der Waals surface area (Å²) in [5.74, 6) is -0.583. The molecule has 1 aliphatic rings. The molecule has 0 amide bonds. The number of hydrogen-bond acceptors (Lipinski definition) is 7. The van der Waals surface area contributed by atoms with Crippen LogP contribution in [0.25, 0.3) is 0 Å². The lowest BCUT2D eigenvalue weighted by molar-refractivity contribution is -0.163. The molecule has 1 aliphatic heterocycles. The first-order chi connectivity index (χ1) is 10.2. The van der Waals surface area contributed by atoms with Crippen LogP contribution in [0, 0.1) is 6.92 Å². The van der Waals surface area contributed by atoms with E-state index in [4.69, 9.17) is 19.9 Å². The van der Waals surface area contributed by atoms with Crippen molar-refractivity contribution in [3.05, 3.63) is 32.6 Å². The van der Waals surface area contributed by atoms with E-state index < -0.39 is 35.3 Å². The third kappa shape index (κ3) is 3.62. The van der Waals surface area contributed by atoms with E-state index in [2.05, 4.69) is 4.98 Å². The van der Waals surface area contributed by atoms with E-state index in [1.54, 1.807) is 6.92 Å². The zero-order valence-corrected chi connectivity index (χ0v) is 12.6. The van der Waals surface area contributed by atoms with Crippen molar-refractivity contribution in [3.8, 4) is 0 Å². The fourth-order valence-electron chi connectivity index (χ4n) is 1.81. The van der Waals surface area contributed by atoms with Gasteiger partial charge >= 0.3 is 11.7 Å². The van der Waals surface area contributed by atoms with Crippen molar-refractivity contribution in [2.45, 2.75) is 38.8 Å². The number of ether oxygens (including phenoxy) is 3. The molecule has 0 spiro atoms. The van der Waals surface area contributed by atoms with E-state index in [0.717, 1.165) is 0 Å². The molecule has 2 heterocycles. The minimum absolute atomic E-state index is 0.0969. The standard InChI is InChI=1S/C13H19N3O6/c1-7-4-16(12(19)15-10(7)17)8-5-20-9(22-8)6-21-11(18)13(2,3)14/h4,8-9H,5-6,14H2,1-3H3,(H,15,17,19). The molecule has 1 saturated heterocycles. The van der Waals surface area contributed by atoms with Gasteiger partial charge in [-0.25, -0.2) is 4.79 Å². The number of aromatic nitrogens is 2. The molecule has 0 radical (unpaired) electrons. The van der Waals surface area contributed by atoms with Gasteiger partial charge < -0.3 is 19.9 Å². The lowest BCUT2D eigenvalue weighted by Gasteiger charge is -2.18. The van der Waals surface area contributed by atoms with Gasteiger partial charge in [0, 0.05) is 11.8 Å². The van der Waals surface area contributed by atoms with Gasteiger partial charge in [-0.3, -0.25) is 19.1 Å². The molecule has 0 aromatic carbocycles. The van der Waals surface area contributed by atoms with Crippen LogP contribution >= 0.6 is 0 Å². The normalized spacial score (nSPS) is 21.8. The zero-order valence-electron chi connectivity index (χ0n) is 12.6. The lowest BCUT2D eigenvalue weighted by atomic mass is 10.1. The van der Waals surface area contributed by atoms with E-state index in [1.165, 1.54) is 24.6 Å². The highest BCUT2D eigenvalue weighted by atomic mass is 16.7. The van der Waals surface area contributed by atoms with Crippen LogP contribution in [0.1, 0.15) is 25.6 Å². The molecule has 2 rings (SSSR count). The summed E-state index contributed by atoms with van der Waals surface area (Å²) in [6, 6.07) is 0. The summed E-state index contributed by atoms with van der Waals surface area (Å²) in [7, 11) is 0. The highest BCUT2D eigenvalue weighted by Crippen LogP contribution is 2.20. The number of H-pyrrole nitrogens is 1. The molecule has 1 aromatic rings. The largest absolute Gasteiger partial charge is 0.459 e. The molecular weight excluding hydrogens is 294 g/mol. The fraction of sp³-hybridized carbons (Fsp3) is 0.615. The van der Waals surface area contributed by atoms with Crippen LogP contribution in [0.3, 0.4) is 0 Å². The van der Waals surface area contributed by atoms with Gasteiger partial charge in [-0.1, -0.05) is 0 Å². The third-order valence-electron chi connectivity index (χ3n) is 3.07. The summed E-state index contributed by atoms with van der Waals surface area (Å²) in [5, 5.41) is 0. The number of nitrogens with two attached hydrogens (primary N) is 1. The third-order valence-corrected chi connectivity index (χ3v) is 3.07. The van der Waals surface area contributed by atoms with E-state index in [9.17, 15) is 14.4 Å². The monoisotopic (exact) mass is 313 g/mol. The van der Waals surface area contributed by atoms with Crippen molar-refractivity contribution in [2.75, 3.05) is 13.2 Å². The van der Waals surface area contributed by atoms with Gasteiger partial charge in [0.05, 0.1) is 6.61 Å². The lowest BCUT2D eigenvalue weighted by Crippen LogP contribution is -2.43. The number of nitrogens with one attached hydrogen (secondary N) is 1. The number of carbonyl (C=O) groups excluding carboxylic acids is 1. The summed E-state index contributed by atoms with van der Waals surface area (Å²) < 4.78 is 17.0. The first-order valence-electron chi connectivity index (χ1n) is 6.73. The smallest absolute Gasteiger partial charge is 0.330 e. The molecule has 0 bridgehead atoms. The number of hydrogen-bond donors (Lipinski definition) is 2. The quantitative estimate of drug-likeness (QED) is 0.683. The summed E-state index contributed by atoms with van der Waals surface area (Å²) in [6.07, 6.45) is -0.0971. The van der Waals surface area contributed by atoms with Crippen LogP contribution in [-0.4, -0.2) is 40.6 Å². The molecule has 3 N–H and O–H groups in total. The molecule has 9 heteroatoms. The first-order valence-corrected chi connectivity index (χ1v) is 6.73. The number of aryl methyl sites for hydroxylation is 1. The van der Waals surface area contributed by atoms with E-state index in [1.807, 2.05) is 0 Å². The topological polar surface area (TPSA) is 126 Å². The van der Waals surface area contributed by atoms with E-state index >= 15 is 0 Å². The summed E-state index contributed by atoms with van der Waals surface area (Å²) in [5.41, 5.74) is 3.83. The molecule has 122 valence electrons. The molecule has 1 fully saturated rings. The maximum absolute atomic E-state index is 11.8. The Morgan fingerprint density at radius 2 is 2.23 bits per heavy atom. The second-order valence-electron chi connectivity index (χ2n) is 5.65. The van der Waals surface area contributed by atoms with Crippen LogP contribution in [0.4, 0.5) is 0 Å². The maximum atomic E-state index is 11.8. The molecule has 2 unspecified atom stereocenters. The molecule has 1 aromatic heterocycles. The van der Waals surface area contributed by atoms with Crippen LogP contribution in [0.2, 0.25) is 0 Å². The predicted molar refractivity (Wildman–Crippen MR) is 75.1 cm³/mol. The zero-order chi connectivity index (χ0) is 16.5. The van der Waals surface area contributed by atoms with Gasteiger partial charge in [-0.15, -0.1) is 0 Å². The fourth-order valence-corrected chi connectivity index (χ4v) is 1.81. The van der Waals surface area contributed by atoms with E-state index in [0.29, 0.717) is 5.56 Å². The van der Waals surface area contributed by atoms with Crippen LogP contribution in [0.15, 0.2) is 15.8 Å². The molecule has 0 saturated carbocycles. The van der Waals surface area contributed by atoms with Crippen molar-refractivity contribution < 1.29 is 19.0 Å². The molecule has 9 nitrogen and oxygen atoms in total. The Labute approximate surface area is 126 Å². The second kappa shape index (κ2) is 6.03. The summed E-state index contributed by atoms with van der Waals surface area (Å²) in [6.45, 7) is 4.59. The Balaban J connectivity index is 1.99. The average Bonchev–Trinajstić information content (AvgIpc) is 2.87. The Kier molecular flexibility index (Phi) is 4.50. The Morgan fingerprint density at radius 1 is 1.55 bits per heavy atom. The average molecular weight is 313 g/mol. The highest BCUT2D eigenvalue weighted by molar-refractivity contribution is 5.79. The molecule has 2 atom stereocenters. The summed E-state index contributed by atoms with van der Waals surface area (Å²) in [4.78, 5) is 36.8. The van der Waals surface area contributed by atoms with Crippen molar-refractivity contribution in [3.63, 3.8) is 0 Å². The number of nitrogens with zero attached hydrogens (tertiary/aromatic N) is 1. The minimum atomic E-state index is -1.11. The maximum Gasteiger partial charge on any atom is 0.330 e. The summed E-state index contributed by atoms with van der Waals surface area (Å²) >= 11 is 0. The van der Waals surface area contributed by atoms with Gasteiger partial charge in [-0.2, -0.15) is 0 Å². The van der Waals surface area contributed by atoms with Gasteiger partial charge in [0.15, 0.2) is 12.5 Å². The first kappa shape index (κ1) is 16.4.